The molecule has 1 aromatic carbocycles. The smallest absolute Gasteiger partial charge is 0.330 e. The quantitative estimate of drug-likeness (QED) is 0.0687. The van der Waals surface area contributed by atoms with Gasteiger partial charge in [0.25, 0.3) is 0 Å². The van der Waals surface area contributed by atoms with E-state index in [0.717, 1.165) is 6.08 Å². The lowest BCUT2D eigenvalue weighted by Gasteiger charge is -2.45. The summed E-state index contributed by atoms with van der Waals surface area (Å²) in [7, 11) is 2.65. The summed E-state index contributed by atoms with van der Waals surface area (Å²) in [5.41, 5.74) is 0.382. The Morgan fingerprint density at radius 2 is 1.54 bits per heavy atom. The molecule has 1 aromatic rings. The Morgan fingerprint density at radius 1 is 0.896 bits per heavy atom. The summed E-state index contributed by atoms with van der Waals surface area (Å²) >= 11 is 0. The van der Waals surface area contributed by atoms with Crippen molar-refractivity contribution in [3.8, 4) is 17.2 Å². The molecule has 19 nitrogen and oxygen atoms in total. The van der Waals surface area contributed by atoms with Gasteiger partial charge in [-0.15, -0.1) is 0 Å². The van der Waals surface area contributed by atoms with Crippen molar-refractivity contribution >= 4 is 12.0 Å². The molecule has 10 N–H and O–H groups in total. The molecule has 0 aromatic heterocycles. The van der Waals surface area contributed by atoms with Crippen molar-refractivity contribution in [1.29, 1.82) is 0 Å². The number of benzene rings is 1. The highest BCUT2D eigenvalue weighted by Gasteiger charge is 2.57. The van der Waals surface area contributed by atoms with Gasteiger partial charge < -0.3 is 89.0 Å². The summed E-state index contributed by atoms with van der Waals surface area (Å²) in [5, 5.41) is 102. The lowest BCUT2D eigenvalue weighted by Crippen LogP contribution is -2.62. The van der Waals surface area contributed by atoms with Crippen LogP contribution in [0, 0.1) is 0 Å². The average molecular weight is 695 g/mol. The Kier molecular flexibility index (Phi) is 12.9. The van der Waals surface area contributed by atoms with Crippen LogP contribution in [-0.4, -0.2) is 177 Å². The highest BCUT2D eigenvalue weighted by Crippen LogP contribution is 2.38. The van der Waals surface area contributed by atoms with Crippen molar-refractivity contribution in [3.63, 3.8) is 0 Å². The fourth-order valence-corrected chi connectivity index (χ4v) is 5.51. The molecule has 3 heterocycles. The fourth-order valence-electron chi connectivity index (χ4n) is 5.51. The Balaban J connectivity index is 1.53. The molecule has 0 spiro atoms. The van der Waals surface area contributed by atoms with E-state index in [4.69, 9.17) is 37.9 Å². The molecule has 48 heavy (non-hydrogen) atoms. The Labute approximate surface area is 273 Å². The molecule has 272 valence electrons. The van der Waals surface area contributed by atoms with E-state index in [-0.39, 0.29) is 17.2 Å². The maximum Gasteiger partial charge on any atom is 0.330 e. The highest BCUT2D eigenvalue weighted by atomic mass is 16.8. The minimum absolute atomic E-state index is 0.0704. The number of aliphatic hydroxyl groups is 9. The Hall–Kier alpha value is -2.73. The van der Waals surface area contributed by atoms with Gasteiger partial charge in [-0.05, 0) is 23.8 Å². The molecule has 3 fully saturated rings. The zero-order valence-electron chi connectivity index (χ0n) is 25.9. The third-order valence-corrected chi connectivity index (χ3v) is 8.19. The first-order chi connectivity index (χ1) is 22.8. The van der Waals surface area contributed by atoms with Crippen molar-refractivity contribution in [2.45, 2.75) is 85.8 Å². The number of aromatic hydroxyl groups is 1. The second-order valence-electron chi connectivity index (χ2n) is 11.3. The van der Waals surface area contributed by atoms with Crippen LogP contribution in [0.4, 0.5) is 0 Å². The number of phenols is 1. The van der Waals surface area contributed by atoms with E-state index in [1.54, 1.807) is 0 Å². The molecule has 3 saturated heterocycles. The molecule has 0 aliphatic carbocycles. The van der Waals surface area contributed by atoms with Gasteiger partial charge in [-0.2, -0.15) is 0 Å². The van der Waals surface area contributed by atoms with Crippen LogP contribution >= 0.6 is 0 Å². The number of carbonyl (C=O) groups excluding carboxylic acids is 1. The second kappa shape index (κ2) is 16.3. The molecule has 0 bridgehead atoms. The normalized spacial score (nSPS) is 38.6. The molecule has 3 aliphatic rings. The van der Waals surface area contributed by atoms with Crippen LogP contribution in [0.2, 0.25) is 0 Å². The summed E-state index contributed by atoms with van der Waals surface area (Å²) in [6.45, 7) is -3.16. The van der Waals surface area contributed by atoms with Crippen molar-refractivity contribution in [1.82, 2.24) is 0 Å². The standard InChI is InChI=1S/C29H42O19/c1-41-14-5-12(6-15(42-2)21(14)35)3-4-19(34)43-10-18-26(46-28-25(39)24(38)22(36)16(8-30)45-28)13(33)7-20(44-18)48-29(11-32)27(40)23(37)17(9-31)47-29/h3-6,13,16-18,20,22-28,30-33,35-40H,7-11H2,1-2H3/b4-3+/t13-,16-,17-,18-,20+,22-,23-,24+,25-,26+,27+,28+,29+/m1/s1. The molecule has 0 saturated carbocycles. The zero-order valence-corrected chi connectivity index (χ0v) is 25.9. The molecule has 0 unspecified atom stereocenters. The fraction of sp³-hybridized carbons (Fsp3) is 0.690. The first-order valence-corrected chi connectivity index (χ1v) is 14.9. The largest absolute Gasteiger partial charge is 0.502 e. The first-order valence-electron chi connectivity index (χ1n) is 14.9. The number of methoxy groups -OCH3 is 2. The molecule has 13 atom stereocenters. The van der Waals surface area contributed by atoms with Crippen LogP contribution in [0.5, 0.6) is 17.2 Å². The van der Waals surface area contributed by atoms with Crippen LogP contribution in [0.25, 0.3) is 6.08 Å². The lowest BCUT2D eigenvalue weighted by molar-refractivity contribution is -0.379. The van der Waals surface area contributed by atoms with Gasteiger partial charge in [0.05, 0.1) is 33.5 Å². The maximum atomic E-state index is 12.7. The molecular formula is C29H42O19. The van der Waals surface area contributed by atoms with Crippen LogP contribution in [0.3, 0.4) is 0 Å². The number of carbonyl (C=O) groups is 1. The number of ether oxygens (including phenoxy) is 8. The minimum atomic E-state index is -2.29. The Morgan fingerprint density at radius 3 is 2.10 bits per heavy atom. The van der Waals surface area contributed by atoms with Gasteiger partial charge in [-0.1, -0.05) is 0 Å². The predicted octanol–water partition coefficient (Wildman–Crippen LogP) is -4.56. The molecule has 19 heteroatoms. The topological polar surface area (TPSA) is 293 Å². The maximum absolute atomic E-state index is 12.7. The van der Waals surface area contributed by atoms with Gasteiger partial charge in [-0.25, -0.2) is 4.79 Å². The summed E-state index contributed by atoms with van der Waals surface area (Å²) in [5.74, 6) is -3.33. The van der Waals surface area contributed by atoms with Gasteiger partial charge in [0, 0.05) is 12.5 Å². The molecular weight excluding hydrogens is 652 g/mol. The van der Waals surface area contributed by atoms with Crippen molar-refractivity contribution in [2.75, 3.05) is 40.6 Å². The van der Waals surface area contributed by atoms with Gasteiger partial charge in [-0.3, -0.25) is 0 Å². The number of rotatable bonds is 13. The van der Waals surface area contributed by atoms with E-state index < -0.39 is 118 Å². The molecule has 3 aliphatic heterocycles. The van der Waals surface area contributed by atoms with Crippen LogP contribution < -0.4 is 9.47 Å². The second-order valence-corrected chi connectivity index (χ2v) is 11.3. The average Bonchev–Trinajstić information content (AvgIpc) is 3.32. The third-order valence-electron chi connectivity index (χ3n) is 8.19. The van der Waals surface area contributed by atoms with Crippen molar-refractivity contribution < 1.29 is 93.8 Å². The summed E-state index contributed by atoms with van der Waals surface area (Å²) < 4.78 is 43.6. The number of aliphatic hydroxyl groups excluding tert-OH is 9. The van der Waals surface area contributed by atoms with E-state index in [9.17, 15) is 55.9 Å². The summed E-state index contributed by atoms with van der Waals surface area (Å²) in [4.78, 5) is 12.7. The molecule has 0 amide bonds. The predicted molar refractivity (Wildman–Crippen MR) is 154 cm³/mol. The summed E-state index contributed by atoms with van der Waals surface area (Å²) in [6.07, 6.45) is -17.4. The highest BCUT2D eigenvalue weighted by molar-refractivity contribution is 5.87. The van der Waals surface area contributed by atoms with Crippen LogP contribution in [0.1, 0.15) is 12.0 Å². The van der Waals surface area contributed by atoms with E-state index in [1.165, 1.54) is 32.4 Å². The lowest BCUT2D eigenvalue weighted by atomic mass is 9.98. The van der Waals surface area contributed by atoms with E-state index in [0.29, 0.717) is 5.56 Å². The summed E-state index contributed by atoms with van der Waals surface area (Å²) in [6, 6.07) is 2.84. The van der Waals surface area contributed by atoms with Crippen molar-refractivity contribution in [3.05, 3.63) is 23.8 Å². The van der Waals surface area contributed by atoms with Gasteiger partial charge >= 0.3 is 5.97 Å². The van der Waals surface area contributed by atoms with Gasteiger partial charge in [0.1, 0.15) is 68.1 Å². The first kappa shape index (κ1) is 38.1. The van der Waals surface area contributed by atoms with Crippen LogP contribution in [-0.2, 0) is 33.2 Å². The molecule has 0 radical (unpaired) electrons. The third kappa shape index (κ3) is 8.01. The van der Waals surface area contributed by atoms with E-state index in [2.05, 4.69) is 0 Å². The van der Waals surface area contributed by atoms with Gasteiger partial charge in [0.15, 0.2) is 24.1 Å². The number of hydrogen-bond donors (Lipinski definition) is 10. The SMILES string of the molecule is COc1cc(/C=C/C(=O)OC[C@H]2O[C@@H](O[C@]3(CO)O[C@H](CO)[C@@H](O)[C@@H]3O)C[C@@H](O)[C@@H]2O[C@@H]2O[C@H](CO)[C@@H](O)[C@H](O)[C@H]2O)cc(OC)c1O. The van der Waals surface area contributed by atoms with Gasteiger partial charge in [0.2, 0.25) is 11.5 Å². The van der Waals surface area contributed by atoms with E-state index in [1.807, 2.05) is 0 Å². The van der Waals surface area contributed by atoms with E-state index >= 15 is 0 Å². The number of phenolic OH excluding ortho intramolecular Hbond substituents is 1. The van der Waals surface area contributed by atoms with Crippen molar-refractivity contribution in [2.24, 2.45) is 0 Å². The number of esters is 1. The number of hydrogen-bond acceptors (Lipinski definition) is 19. The zero-order chi connectivity index (χ0) is 35.3. The monoisotopic (exact) mass is 694 g/mol. The molecule has 4 rings (SSSR count). The minimum Gasteiger partial charge on any atom is -0.502 e. The van der Waals surface area contributed by atoms with Crippen LogP contribution in [0.15, 0.2) is 18.2 Å². The Bertz CT molecular complexity index is 1220.